The second kappa shape index (κ2) is 36.7. The van der Waals surface area contributed by atoms with Crippen LogP contribution in [0, 0.1) is 0 Å². The van der Waals surface area contributed by atoms with E-state index in [0.29, 0.717) is 37.4 Å². The maximum Gasteiger partial charge on any atom is 0.190 e. The third-order valence-electron chi connectivity index (χ3n) is 8.98. The molecule has 0 amide bonds. The van der Waals surface area contributed by atoms with E-state index in [1.165, 1.54) is 75.5 Å². The number of rotatable bonds is 29. The molecule has 2 fully saturated rings. The van der Waals surface area contributed by atoms with Crippen molar-refractivity contribution in [2.45, 2.75) is 77.4 Å². The Bertz CT molecular complexity index is 895. The molecule has 0 saturated carbocycles. The van der Waals surface area contributed by atoms with Crippen molar-refractivity contribution >= 4 is 27.4 Å². The summed E-state index contributed by atoms with van der Waals surface area (Å²) in [5.74, 6) is -0.0440. The van der Waals surface area contributed by atoms with Gasteiger partial charge in [-0.05, 0) is 27.7 Å². The molecule has 0 aromatic heterocycles. The van der Waals surface area contributed by atoms with Crippen LogP contribution in [-0.4, -0.2) is 168 Å². The number of carbonyl (C=O) groups is 2. The van der Waals surface area contributed by atoms with Crippen molar-refractivity contribution in [2.75, 3.05) is 146 Å². The number of hydrogen-bond donors (Lipinski definition) is 0. The number of methoxy groups -OCH3 is 6. The summed E-state index contributed by atoms with van der Waals surface area (Å²) in [4.78, 5) is 23.8. The summed E-state index contributed by atoms with van der Waals surface area (Å²) in [6.45, 7) is 14.0. The van der Waals surface area contributed by atoms with Gasteiger partial charge in [0.2, 0.25) is 0 Å². The maximum absolute atomic E-state index is 11.9. The molecule has 0 N–H and O–H groups in total. The molecule has 2 rings (SSSR count). The minimum absolute atomic E-state index is 0. The Morgan fingerprint density at radius 3 is 0.927 bits per heavy atom. The Kier molecular flexibility index (Phi) is 37.8. The predicted molar refractivity (Wildman–Crippen MR) is 227 cm³/mol. The van der Waals surface area contributed by atoms with E-state index < -0.39 is 11.2 Å². The molecule has 325 valence electrons. The molecule has 0 aliphatic carbocycles. The molecule has 2 aliphatic rings. The van der Waals surface area contributed by atoms with Crippen molar-refractivity contribution in [3.63, 3.8) is 0 Å². The van der Waals surface area contributed by atoms with Gasteiger partial charge >= 0.3 is 0 Å². The molecule has 0 unspecified atom stereocenters. The maximum atomic E-state index is 11.9. The quantitative estimate of drug-likeness (QED) is 0.0445. The molecule has 0 atom stereocenters. The van der Waals surface area contributed by atoms with E-state index in [0.717, 1.165) is 39.6 Å². The summed E-state index contributed by atoms with van der Waals surface area (Å²) < 4.78 is 41.4. The van der Waals surface area contributed by atoms with Gasteiger partial charge in [0.15, 0.2) is 11.6 Å². The van der Waals surface area contributed by atoms with Gasteiger partial charge < -0.3 is 48.5 Å². The summed E-state index contributed by atoms with van der Waals surface area (Å²) >= 11 is 0. The summed E-state index contributed by atoms with van der Waals surface area (Å²) in [6, 6.07) is 0. The first kappa shape index (κ1) is 56.7. The zero-order valence-electron chi connectivity index (χ0n) is 36.1. The largest absolute Gasteiger partial charge is 0.691 e. The Labute approximate surface area is 350 Å². The van der Waals surface area contributed by atoms with Crippen LogP contribution in [0.15, 0.2) is 23.5 Å². The molecule has 55 heavy (non-hydrogen) atoms. The summed E-state index contributed by atoms with van der Waals surface area (Å²) in [5, 5.41) is 8.36. The molecule has 0 spiro atoms. The van der Waals surface area contributed by atoms with Crippen LogP contribution >= 0.6 is 15.8 Å². The molecule has 1 radical (unpaired) electrons. The molecular formula is C40H78N2O10P2Tc. The van der Waals surface area contributed by atoms with Gasteiger partial charge in [-0.15, -0.1) is 13.1 Å². The van der Waals surface area contributed by atoms with E-state index in [2.05, 4.69) is 10.6 Å². The zero-order chi connectivity index (χ0) is 40.5. The minimum Gasteiger partial charge on any atom is -0.691 e. The smallest absolute Gasteiger partial charge is 0.190 e. The Balaban J connectivity index is 0. The van der Waals surface area contributed by atoms with E-state index >= 15 is 0 Å². The number of ether oxygens (including phenoxy) is 8. The van der Waals surface area contributed by atoms with Crippen molar-refractivity contribution in [3.05, 3.63) is 34.2 Å². The fraction of sp³-hybridized carbons (Fsp3) is 0.850. The van der Waals surface area contributed by atoms with Crippen LogP contribution in [0.25, 0.3) is 10.6 Å². The van der Waals surface area contributed by atoms with Crippen molar-refractivity contribution in [1.82, 2.24) is 0 Å². The normalized spacial score (nSPS) is 17.3. The molecule has 2 aliphatic heterocycles. The van der Waals surface area contributed by atoms with Crippen molar-refractivity contribution < 1.29 is 67.6 Å². The van der Waals surface area contributed by atoms with Gasteiger partial charge in [0.1, 0.15) is 11.2 Å². The van der Waals surface area contributed by atoms with Gasteiger partial charge in [-0.25, -0.2) is 0 Å². The van der Waals surface area contributed by atoms with Crippen molar-refractivity contribution in [3.8, 4) is 0 Å². The Morgan fingerprint density at radius 2 is 0.745 bits per heavy atom. The molecule has 0 aromatic rings. The average Bonchev–Trinajstić information content (AvgIpc) is 3.56. The Hall–Kier alpha value is -0.391. The second-order valence-electron chi connectivity index (χ2n) is 14.5. The van der Waals surface area contributed by atoms with E-state index in [-0.39, 0.29) is 47.5 Å². The number of nitrogens with zero attached hydrogens (tertiary/aromatic N) is 2. The average molecular weight is 908 g/mol. The molecule has 0 aromatic carbocycles. The van der Waals surface area contributed by atoms with Crippen LogP contribution in [0.1, 0.15) is 66.2 Å². The van der Waals surface area contributed by atoms with Gasteiger partial charge in [0.05, 0.1) is 50.2 Å². The monoisotopic (exact) mass is 907 g/mol. The van der Waals surface area contributed by atoms with Crippen LogP contribution in [0.3, 0.4) is 0 Å². The SMILES string of the molecule is CC1(C)OC/C(=C/[N-]CC[N-]/C=C2/COC(C)(C)C2=O)C1=O.COCCC[PH+](CCCOC)CCCOC.COCCC[PH+](CCCOC)CCCOC.[99Tc]. The van der Waals surface area contributed by atoms with Crippen LogP contribution in [0.4, 0.5) is 0 Å². The Morgan fingerprint density at radius 1 is 0.509 bits per heavy atom. The summed E-state index contributed by atoms with van der Waals surface area (Å²) in [7, 11) is 10.3. The molecule has 2 heterocycles. The third kappa shape index (κ3) is 28.6. The molecule has 2 saturated heterocycles. The fourth-order valence-corrected chi connectivity index (χ4v) is 11.1. The first-order valence-electron chi connectivity index (χ1n) is 19.6. The molecular weight excluding hydrogens is 829 g/mol. The number of carbonyl (C=O) groups excluding carboxylic acids is 2. The molecule has 12 nitrogen and oxygen atoms in total. The molecule has 15 heteroatoms. The van der Waals surface area contributed by atoms with Gasteiger partial charge in [0.25, 0.3) is 0 Å². The standard InChI is InChI=1S/C16H24N2O4.2C12H27O3P.Tc/c1-15(2)13(19)11(9-21-15)7-17-5-6-18-8-12-10-22-16(3,4)14(12)20;2*1-13-7-4-10-16(11-5-8-14-2)12-6-9-15-3;/h7-8H,5-6,9-10H2,1-4H3,(H2,17,18,19,20);2*4-12H2,1-3H3;/i;;;1+1. The second-order valence-corrected chi connectivity index (χ2v) is 20.5. The minimum atomic E-state index is -0.744. The van der Waals surface area contributed by atoms with Crippen LogP contribution in [0.5, 0.6) is 0 Å². The van der Waals surface area contributed by atoms with Crippen molar-refractivity contribution in [1.29, 1.82) is 0 Å². The topological polar surface area (TPSA) is 136 Å². The van der Waals surface area contributed by atoms with Crippen LogP contribution < -0.4 is 0 Å². The van der Waals surface area contributed by atoms with E-state index in [1.807, 2.05) is 0 Å². The van der Waals surface area contributed by atoms with Crippen molar-refractivity contribution in [2.24, 2.45) is 0 Å². The first-order chi connectivity index (χ1) is 25.9. The number of ketones is 2. The van der Waals surface area contributed by atoms with Gasteiger partial charge in [0, 0.05) is 168 Å². The van der Waals surface area contributed by atoms with Gasteiger partial charge in [-0.2, -0.15) is 12.4 Å². The molecule has 0 bridgehead atoms. The fourth-order valence-electron chi connectivity index (χ4n) is 5.76. The number of hydrogen-bond acceptors (Lipinski definition) is 10. The number of Topliss-reactive ketones (excluding diaryl/α,β-unsaturated/α-hetero) is 2. The zero-order valence-corrected chi connectivity index (χ0v) is 39.9. The first-order valence-corrected chi connectivity index (χ1v) is 23.9. The van der Waals surface area contributed by atoms with E-state index in [9.17, 15) is 9.59 Å². The summed E-state index contributed by atoms with van der Waals surface area (Å²) in [6.07, 6.45) is 18.6. The van der Waals surface area contributed by atoms with E-state index in [4.69, 9.17) is 37.9 Å². The van der Waals surface area contributed by atoms with Crippen LogP contribution in [-0.2, 0) is 67.6 Å². The predicted octanol–water partition coefficient (Wildman–Crippen LogP) is 6.88. The van der Waals surface area contributed by atoms with Crippen LogP contribution in [0.2, 0.25) is 0 Å². The van der Waals surface area contributed by atoms with E-state index in [1.54, 1.807) is 82.8 Å². The summed E-state index contributed by atoms with van der Waals surface area (Å²) in [5.41, 5.74) is -0.314. The van der Waals surface area contributed by atoms with Gasteiger partial charge in [-0.1, -0.05) is 0 Å². The third-order valence-corrected chi connectivity index (χ3v) is 15.3. The van der Waals surface area contributed by atoms with Gasteiger partial charge in [-0.3, -0.25) is 9.59 Å².